The van der Waals surface area contributed by atoms with Crippen LogP contribution in [0.5, 0.6) is 0 Å². The van der Waals surface area contributed by atoms with Crippen LogP contribution in [0, 0.1) is 23.2 Å². The van der Waals surface area contributed by atoms with Crippen molar-refractivity contribution in [2.45, 2.75) is 104 Å². The lowest BCUT2D eigenvalue weighted by Gasteiger charge is -2.37. The molecule has 2 saturated carbocycles. The van der Waals surface area contributed by atoms with Gasteiger partial charge in [-0.3, -0.25) is 0 Å². The highest BCUT2D eigenvalue weighted by Crippen LogP contribution is 2.37. The molecule has 2 rings (SSSR count). The molecule has 0 aromatic heterocycles. The smallest absolute Gasteiger partial charge is 0.0100 e. The van der Waals surface area contributed by atoms with Crippen LogP contribution in [-0.2, 0) is 0 Å². The van der Waals surface area contributed by atoms with Crippen LogP contribution in [0.3, 0.4) is 0 Å². The normalized spacial score (nSPS) is 35.7. The van der Waals surface area contributed by atoms with Crippen LogP contribution >= 0.6 is 0 Å². The molecule has 124 valence electrons. The molecule has 1 heteroatoms. The van der Waals surface area contributed by atoms with Gasteiger partial charge in [-0.1, -0.05) is 53.9 Å². The van der Waals surface area contributed by atoms with E-state index < -0.39 is 0 Å². The predicted molar refractivity (Wildman–Crippen MR) is 93.5 cm³/mol. The summed E-state index contributed by atoms with van der Waals surface area (Å²) in [4.78, 5) is 0. The molecule has 2 fully saturated rings. The quantitative estimate of drug-likeness (QED) is 0.650. The number of rotatable bonds is 3. The van der Waals surface area contributed by atoms with Gasteiger partial charge in [0.2, 0.25) is 0 Å². The van der Waals surface area contributed by atoms with Gasteiger partial charge in [-0.2, -0.15) is 0 Å². The monoisotopic (exact) mass is 293 g/mol. The Morgan fingerprint density at radius 3 is 2.19 bits per heavy atom. The first-order chi connectivity index (χ1) is 9.88. The third-order valence-corrected chi connectivity index (χ3v) is 6.32. The molecule has 4 unspecified atom stereocenters. The lowest BCUT2D eigenvalue weighted by Crippen LogP contribution is -2.45. The summed E-state index contributed by atoms with van der Waals surface area (Å²) in [6, 6.07) is 1.59. The van der Waals surface area contributed by atoms with E-state index in [2.05, 4.69) is 39.9 Å². The first kappa shape index (κ1) is 17.3. The number of hydrogen-bond acceptors (Lipinski definition) is 1. The number of nitrogens with one attached hydrogen (secondary N) is 1. The zero-order chi connectivity index (χ0) is 15.5. The van der Waals surface area contributed by atoms with Crippen molar-refractivity contribution in [3.63, 3.8) is 0 Å². The van der Waals surface area contributed by atoms with Gasteiger partial charge < -0.3 is 5.32 Å². The third kappa shape index (κ3) is 4.98. The summed E-state index contributed by atoms with van der Waals surface area (Å²) in [5, 5.41) is 4.10. The molecule has 2 aliphatic rings. The van der Waals surface area contributed by atoms with E-state index >= 15 is 0 Å². The zero-order valence-corrected chi connectivity index (χ0v) is 15.3. The van der Waals surface area contributed by atoms with Gasteiger partial charge in [0.05, 0.1) is 0 Å². The van der Waals surface area contributed by atoms with Crippen LogP contribution in [0.15, 0.2) is 0 Å². The molecular formula is C20H39N. The van der Waals surface area contributed by atoms with Gasteiger partial charge >= 0.3 is 0 Å². The van der Waals surface area contributed by atoms with E-state index in [0.717, 1.165) is 29.8 Å². The fraction of sp³-hybridized carbons (Fsp3) is 1.00. The van der Waals surface area contributed by atoms with Crippen molar-refractivity contribution in [3.8, 4) is 0 Å². The standard InChI is InChI=1S/C20H39N/c1-15(2)18-11-6-7-12-19(18)21-17-10-8-9-16(13-14-17)20(3,4)5/h15-19,21H,6-14H2,1-5H3. The minimum Gasteiger partial charge on any atom is -0.311 e. The van der Waals surface area contributed by atoms with Gasteiger partial charge in [0, 0.05) is 12.1 Å². The Hall–Kier alpha value is -0.0400. The van der Waals surface area contributed by atoms with Gasteiger partial charge in [0.15, 0.2) is 0 Å². The van der Waals surface area contributed by atoms with Gasteiger partial charge in [-0.05, 0) is 61.7 Å². The maximum atomic E-state index is 4.10. The Labute approximate surface area is 133 Å². The van der Waals surface area contributed by atoms with E-state index in [4.69, 9.17) is 0 Å². The topological polar surface area (TPSA) is 12.0 Å². The molecule has 0 radical (unpaired) electrons. The highest BCUT2D eigenvalue weighted by molar-refractivity contribution is 4.88. The lowest BCUT2D eigenvalue weighted by molar-refractivity contribution is 0.183. The minimum atomic E-state index is 0.500. The zero-order valence-electron chi connectivity index (χ0n) is 15.3. The Morgan fingerprint density at radius 1 is 0.810 bits per heavy atom. The Bertz CT molecular complexity index is 301. The van der Waals surface area contributed by atoms with E-state index in [1.807, 2.05) is 0 Å². The fourth-order valence-electron chi connectivity index (χ4n) is 4.80. The molecule has 0 heterocycles. The molecule has 0 aromatic rings. The number of hydrogen-bond donors (Lipinski definition) is 1. The highest BCUT2D eigenvalue weighted by atomic mass is 15.0. The van der Waals surface area contributed by atoms with Crippen molar-refractivity contribution < 1.29 is 0 Å². The molecule has 1 N–H and O–H groups in total. The minimum absolute atomic E-state index is 0.500. The van der Waals surface area contributed by atoms with E-state index in [1.165, 1.54) is 57.8 Å². The molecule has 2 aliphatic carbocycles. The maximum absolute atomic E-state index is 4.10. The molecule has 4 atom stereocenters. The molecule has 0 spiro atoms. The van der Waals surface area contributed by atoms with E-state index in [-0.39, 0.29) is 0 Å². The summed E-state index contributed by atoms with van der Waals surface area (Å²) >= 11 is 0. The largest absolute Gasteiger partial charge is 0.311 e. The molecule has 0 saturated heterocycles. The lowest BCUT2D eigenvalue weighted by atomic mass is 9.76. The van der Waals surface area contributed by atoms with Crippen LogP contribution in [0.4, 0.5) is 0 Å². The summed E-state index contributed by atoms with van der Waals surface area (Å²) < 4.78 is 0. The summed E-state index contributed by atoms with van der Waals surface area (Å²) in [5.74, 6) is 2.69. The summed E-state index contributed by atoms with van der Waals surface area (Å²) in [7, 11) is 0. The molecule has 1 nitrogen and oxygen atoms in total. The third-order valence-electron chi connectivity index (χ3n) is 6.32. The van der Waals surface area contributed by atoms with E-state index in [1.54, 1.807) is 0 Å². The van der Waals surface area contributed by atoms with Crippen molar-refractivity contribution in [2.24, 2.45) is 23.2 Å². The van der Waals surface area contributed by atoms with Gasteiger partial charge in [-0.25, -0.2) is 0 Å². The average Bonchev–Trinajstić information content (AvgIpc) is 2.64. The summed E-state index contributed by atoms with van der Waals surface area (Å²) in [6.07, 6.45) is 12.9. The summed E-state index contributed by atoms with van der Waals surface area (Å²) in [6.45, 7) is 12.1. The second kappa shape index (κ2) is 7.49. The second-order valence-corrected chi connectivity index (χ2v) is 9.23. The van der Waals surface area contributed by atoms with Crippen LogP contribution in [-0.4, -0.2) is 12.1 Å². The SMILES string of the molecule is CC(C)C1CCCCC1NC1CCCC(C(C)(C)C)CC1. The maximum Gasteiger partial charge on any atom is 0.0100 e. The Morgan fingerprint density at radius 2 is 1.52 bits per heavy atom. The van der Waals surface area contributed by atoms with Crippen molar-refractivity contribution in [1.82, 2.24) is 5.32 Å². The van der Waals surface area contributed by atoms with Crippen LogP contribution < -0.4 is 5.32 Å². The van der Waals surface area contributed by atoms with Gasteiger partial charge in [0.1, 0.15) is 0 Å². The van der Waals surface area contributed by atoms with Crippen molar-refractivity contribution in [2.75, 3.05) is 0 Å². The van der Waals surface area contributed by atoms with Crippen molar-refractivity contribution in [3.05, 3.63) is 0 Å². The first-order valence-electron chi connectivity index (χ1n) is 9.64. The first-order valence-corrected chi connectivity index (χ1v) is 9.64. The Balaban J connectivity index is 1.87. The molecule has 0 amide bonds. The highest BCUT2D eigenvalue weighted by Gasteiger charge is 2.31. The van der Waals surface area contributed by atoms with Gasteiger partial charge in [0.25, 0.3) is 0 Å². The van der Waals surface area contributed by atoms with Crippen molar-refractivity contribution >= 4 is 0 Å². The Kier molecular flexibility index (Phi) is 6.17. The van der Waals surface area contributed by atoms with E-state index in [0.29, 0.717) is 5.41 Å². The molecular weight excluding hydrogens is 254 g/mol. The molecule has 0 bridgehead atoms. The summed E-state index contributed by atoms with van der Waals surface area (Å²) in [5.41, 5.74) is 0.500. The van der Waals surface area contributed by atoms with E-state index in [9.17, 15) is 0 Å². The van der Waals surface area contributed by atoms with Crippen LogP contribution in [0.25, 0.3) is 0 Å². The molecule has 21 heavy (non-hydrogen) atoms. The predicted octanol–water partition coefficient (Wildman–Crippen LogP) is 5.79. The van der Waals surface area contributed by atoms with Crippen molar-refractivity contribution in [1.29, 1.82) is 0 Å². The molecule has 0 aliphatic heterocycles. The fourth-order valence-corrected chi connectivity index (χ4v) is 4.80. The molecule has 0 aromatic carbocycles. The second-order valence-electron chi connectivity index (χ2n) is 9.23. The van der Waals surface area contributed by atoms with Crippen LogP contribution in [0.1, 0.15) is 92.4 Å². The average molecular weight is 294 g/mol. The van der Waals surface area contributed by atoms with Crippen LogP contribution in [0.2, 0.25) is 0 Å². The van der Waals surface area contributed by atoms with Gasteiger partial charge in [-0.15, -0.1) is 0 Å².